The molecule has 5 nitrogen and oxygen atoms in total. The summed E-state index contributed by atoms with van der Waals surface area (Å²) in [7, 11) is 0. The van der Waals surface area contributed by atoms with E-state index in [9.17, 15) is 37.1 Å². The molecule has 0 aromatic heterocycles. The Hall–Kier alpha value is -2.04. The number of fused-ring (bicyclic) bond motifs is 1. The normalized spacial score (nSPS) is 32.3. The van der Waals surface area contributed by atoms with E-state index >= 15 is 0 Å². The lowest BCUT2D eigenvalue weighted by Gasteiger charge is -2.33. The second-order valence-electron chi connectivity index (χ2n) is 5.37. The fourth-order valence-corrected chi connectivity index (χ4v) is 2.73. The van der Waals surface area contributed by atoms with Gasteiger partial charge in [0.25, 0.3) is 0 Å². The number of nitrogens with zero attached hydrogens (tertiary/aromatic N) is 1. The Morgan fingerprint density at radius 1 is 1.13 bits per heavy atom. The van der Waals surface area contributed by atoms with Crippen molar-refractivity contribution < 1.29 is 42.2 Å². The molecule has 1 aromatic rings. The zero-order valence-corrected chi connectivity index (χ0v) is 11.1. The number of hydroxylamine groups is 2. The first-order chi connectivity index (χ1) is 10.6. The maximum absolute atomic E-state index is 14.1. The van der Waals surface area contributed by atoms with Gasteiger partial charge >= 0.3 is 5.97 Å². The number of quaternary nitrogens is 1. The summed E-state index contributed by atoms with van der Waals surface area (Å²) in [6.07, 6.45) is -4.00. The Bertz CT molecular complexity index is 767. The van der Waals surface area contributed by atoms with Crippen LogP contribution in [0.25, 0.3) is 0 Å². The molecule has 124 valence electrons. The second-order valence-corrected chi connectivity index (χ2v) is 5.37. The van der Waals surface area contributed by atoms with Crippen LogP contribution in [0.2, 0.25) is 0 Å². The number of aliphatic hydroxyl groups excluding tert-OH is 1. The minimum Gasteiger partial charge on any atom is -0.478 e. The van der Waals surface area contributed by atoms with Crippen LogP contribution in [0.1, 0.15) is 18.1 Å². The molecule has 1 aliphatic heterocycles. The van der Waals surface area contributed by atoms with Crippen molar-refractivity contribution in [3.8, 4) is 0 Å². The maximum atomic E-state index is 14.1. The van der Waals surface area contributed by atoms with Crippen molar-refractivity contribution in [1.29, 1.82) is 0 Å². The molecule has 0 amide bonds. The number of aliphatic hydroxyl groups is 1. The van der Waals surface area contributed by atoms with Gasteiger partial charge in [-0.2, -0.15) is 4.39 Å². The van der Waals surface area contributed by atoms with Crippen LogP contribution in [-0.2, 0) is 4.79 Å². The van der Waals surface area contributed by atoms with Crippen molar-refractivity contribution in [3.05, 3.63) is 40.6 Å². The summed E-state index contributed by atoms with van der Waals surface area (Å²) in [5.41, 5.74) is -3.53. The third-order valence-corrected chi connectivity index (χ3v) is 3.97. The molecule has 0 spiro atoms. The highest BCUT2D eigenvalue weighted by Gasteiger charge is 2.61. The fraction of sp³-hybridized carbons (Fsp3) is 0.308. The van der Waals surface area contributed by atoms with Gasteiger partial charge in [0.1, 0.15) is 17.9 Å². The molecule has 23 heavy (non-hydrogen) atoms. The second kappa shape index (κ2) is 4.73. The molecule has 1 saturated carbocycles. The number of carboxylic acids is 1. The number of benzene rings is 1. The first-order valence-corrected chi connectivity index (χ1v) is 6.37. The van der Waals surface area contributed by atoms with Crippen molar-refractivity contribution in [2.45, 2.75) is 24.7 Å². The SMILES string of the molecule is O=C(O)C1=C[N@@+](O)(C2C[C@@H]2F)c2c(F)c(F)c(F)c(F)c2C1O. The average Bonchev–Trinajstić information content (AvgIpc) is 3.22. The molecule has 3 N–H and O–H groups in total. The first kappa shape index (κ1) is 15.8. The predicted octanol–water partition coefficient (Wildman–Crippen LogP) is 2.07. The van der Waals surface area contributed by atoms with E-state index in [2.05, 4.69) is 0 Å². The highest BCUT2D eigenvalue weighted by molar-refractivity contribution is 5.90. The average molecular weight is 338 g/mol. The van der Waals surface area contributed by atoms with E-state index in [0.717, 1.165) is 0 Å². The van der Waals surface area contributed by atoms with E-state index in [4.69, 9.17) is 5.11 Å². The van der Waals surface area contributed by atoms with Gasteiger partial charge in [-0.05, 0) is 0 Å². The third kappa shape index (κ3) is 1.98. The number of alkyl halides is 1. The summed E-state index contributed by atoms with van der Waals surface area (Å²) in [6, 6.07) is -1.42. The Morgan fingerprint density at radius 3 is 2.13 bits per heavy atom. The van der Waals surface area contributed by atoms with Crippen molar-refractivity contribution >= 4 is 11.7 Å². The van der Waals surface area contributed by atoms with E-state index in [1.165, 1.54) is 0 Å². The minimum absolute atomic E-state index is 0.338. The molecule has 3 rings (SSSR count). The summed E-state index contributed by atoms with van der Waals surface area (Å²) in [6.45, 7) is 0. The third-order valence-electron chi connectivity index (χ3n) is 3.97. The molecule has 1 aliphatic carbocycles. The molecule has 4 atom stereocenters. The molecular weight excluding hydrogens is 329 g/mol. The Labute approximate surface area is 125 Å². The van der Waals surface area contributed by atoms with Gasteiger partial charge in [-0.25, -0.2) is 27.6 Å². The Morgan fingerprint density at radius 2 is 1.65 bits per heavy atom. The molecule has 1 heterocycles. The number of halogens is 5. The zero-order chi connectivity index (χ0) is 17.3. The first-order valence-electron chi connectivity index (χ1n) is 6.37. The van der Waals surface area contributed by atoms with Crippen LogP contribution in [0.5, 0.6) is 0 Å². The number of rotatable bonds is 2. The van der Waals surface area contributed by atoms with Crippen LogP contribution in [0, 0.1) is 23.3 Å². The summed E-state index contributed by atoms with van der Waals surface area (Å²) in [4.78, 5) is 11.1. The van der Waals surface area contributed by atoms with Crippen LogP contribution in [0.3, 0.4) is 0 Å². The van der Waals surface area contributed by atoms with Crippen LogP contribution in [-0.4, -0.2) is 33.6 Å². The smallest absolute Gasteiger partial charge is 0.340 e. The number of hydrogen-bond acceptors (Lipinski definition) is 3. The van der Waals surface area contributed by atoms with Crippen molar-refractivity contribution in [2.75, 3.05) is 0 Å². The monoisotopic (exact) mass is 338 g/mol. The van der Waals surface area contributed by atoms with Crippen molar-refractivity contribution in [1.82, 2.24) is 4.65 Å². The molecule has 0 radical (unpaired) electrons. The molecule has 10 heteroatoms. The molecule has 1 fully saturated rings. The number of aliphatic carboxylic acids is 1. The fourth-order valence-electron chi connectivity index (χ4n) is 2.73. The lowest BCUT2D eigenvalue weighted by Crippen LogP contribution is -2.49. The van der Waals surface area contributed by atoms with Gasteiger partial charge in [-0.3, -0.25) is 0 Å². The van der Waals surface area contributed by atoms with Gasteiger partial charge in [0.05, 0.1) is 5.56 Å². The van der Waals surface area contributed by atoms with Crippen molar-refractivity contribution in [2.24, 2.45) is 0 Å². The summed E-state index contributed by atoms with van der Waals surface area (Å²) < 4.78 is 66.3. The van der Waals surface area contributed by atoms with Crippen LogP contribution >= 0.6 is 0 Å². The van der Waals surface area contributed by atoms with E-state index in [0.29, 0.717) is 6.20 Å². The molecule has 0 saturated heterocycles. The predicted molar refractivity (Wildman–Crippen MR) is 63.8 cm³/mol. The number of carbonyl (C=O) groups is 1. The van der Waals surface area contributed by atoms with Gasteiger partial charge < -0.3 is 10.2 Å². The van der Waals surface area contributed by atoms with E-state index in [-0.39, 0.29) is 6.42 Å². The molecule has 2 unspecified atom stereocenters. The largest absolute Gasteiger partial charge is 0.478 e. The minimum atomic E-state index is -2.36. The standard InChI is InChI=1S/C13H8F5NO4/c14-4-1-5(4)19(23)2-3(13(21)22)12(20)6-7(15)8(16)9(17)10(18)11(6)19/h2,4-5,12,20,23H,1H2/p+1/t4-,5?,12?,19+/m0/s1. The van der Waals surface area contributed by atoms with Gasteiger partial charge in [0, 0.05) is 6.42 Å². The van der Waals surface area contributed by atoms with Crippen LogP contribution < -0.4 is 4.65 Å². The van der Waals surface area contributed by atoms with Gasteiger partial charge in [0.2, 0.25) is 17.3 Å². The summed E-state index contributed by atoms with van der Waals surface area (Å²) >= 11 is 0. The Kier molecular flexibility index (Phi) is 3.26. The zero-order valence-electron chi connectivity index (χ0n) is 11.1. The number of hydrogen-bond donors (Lipinski definition) is 3. The van der Waals surface area contributed by atoms with Gasteiger partial charge in [-0.15, -0.1) is 4.65 Å². The highest BCUT2D eigenvalue weighted by atomic mass is 19.2. The van der Waals surface area contributed by atoms with Crippen LogP contribution in [0.15, 0.2) is 11.8 Å². The molecular formula is C13H9F5NO4+. The van der Waals surface area contributed by atoms with Crippen LogP contribution in [0.4, 0.5) is 27.6 Å². The lowest BCUT2D eigenvalue weighted by atomic mass is 9.94. The van der Waals surface area contributed by atoms with Gasteiger partial charge in [-0.1, -0.05) is 0 Å². The van der Waals surface area contributed by atoms with Crippen molar-refractivity contribution in [3.63, 3.8) is 0 Å². The van der Waals surface area contributed by atoms with Gasteiger partial charge in [0.15, 0.2) is 23.8 Å². The topological polar surface area (TPSA) is 77.8 Å². The lowest BCUT2D eigenvalue weighted by molar-refractivity contribution is -0.135. The quantitative estimate of drug-likeness (QED) is 0.334. The molecule has 0 bridgehead atoms. The summed E-state index contributed by atoms with van der Waals surface area (Å²) in [5.74, 6) is -10.4. The number of carboxylic acid groups (broad SMARTS) is 1. The van der Waals surface area contributed by atoms with E-state index in [1.807, 2.05) is 0 Å². The highest BCUT2D eigenvalue weighted by Crippen LogP contribution is 2.50. The summed E-state index contributed by atoms with van der Waals surface area (Å²) in [5, 5.41) is 29.3. The van der Waals surface area contributed by atoms with E-state index in [1.54, 1.807) is 0 Å². The maximum Gasteiger partial charge on any atom is 0.340 e. The molecule has 1 aromatic carbocycles. The van der Waals surface area contributed by atoms with E-state index < -0.39 is 69.0 Å². The molecule has 2 aliphatic rings. The Balaban J connectivity index is 2.38.